The van der Waals surface area contributed by atoms with E-state index in [0.29, 0.717) is 11.8 Å². The Bertz CT molecular complexity index is 749. The van der Waals surface area contributed by atoms with E-state index in [1.807, 2.05) is 7.11 Å². The highest BCUT2D eigenvalue weighted by Crippen LogP contribution is 2.67. The van der Waals surface area contributed by atoms with Crippen LogP contribution in [0.5, 0.6) is 0 Å². The fourth-order valence-electron chi connectivity index (χ4n) is 6.34. The van der Waals surface area contributed by atoms with Crippen molar-refractivity contribution in [1.29, 1.82) is 0 Å². The molecule has 0 amide bonds. The first-order valence-electron chi connectivity index (χ1n) is 9.11. The molecule has 2 aromatic rings. The van der Waals surface area contributed by atoms with Gasteiger partial charge in [-0.05, 0) is 47.9 Å². The number of hydrogen-bond donors (Lipinski definition) is 1. The molecule has 24 heavy (non-hydrogen) atoms. The third-order valence-corrected chi connectivity index (χ3v) is 7.10. The number of benzene rings is 2. The van der Waals surface area contributed by atoms with Gasteiger partial charge in [0.2, 0.25) is 0 Å². The van der Waals surface area contributed by atoms with E-state index < -0.39 is 0 Å². The molecule has 2 aromatic carbocycles. The molecule has 0 aliphatic heterocycles. The lowest BCUT2D eigenvalue weighted by atomic mass is 9.45. The molecule has 2 bridgehead atoms. The molecule has 0 radical (unpaired) electrons. The Morgan fingerprint density at radius 2 is 1.58 bits per heavy atom. The molecule has 2 heteroatoms. The summed E-state index contributed by atoms with van der Waals surface area (Å²) in [4.78, 5) is 0. The number of aliphatic hydroxyl groups is 1. The van der Waals surface area contributed by atoms with Crippen LogP contribution in [0, 0.1) is 11.8 Å². The number of ether oxygens (including phenoxy) is 1. The van der Waals surface area contributed by atoms with Crippen LogP contribution in [-0.2, 0) is 10.2 Å². The largest absolute Gasteiger partial charge is 0.393 e. The van der Waals surface area contributed by atoms with E-state index in [4.69, 9.17) is 4.74 Å². The number of aliphatic hydroxyl groups excluding tert-OH is 1. The van der Waals surface area contributed by atoms with Crippen molar-refractivity contribution in [2.24, 2.45) is 11.8 Å². The quantitative estimate of drug-likeness (QED) is 0.910. The van der Waals surface area contributed by atoms with Gasteiger partial charge in [0.05, 0.1) is 17.6 Å². The Kier molecular flexibility index (Phi) is 3.02. The summed E-state index contributed by atoms with van der Waals surface area (Å²) in [6, 6.07) is 17.7. The van der Waals surface area contributed by atoms with Crippen molar-refractivity contribution in [1.82, 2.24) is 0 Å². The van der Waals surface area contributed by atoms with Crippen molar-refractivity contribution < 1.29 is 9.84 Å². The summed E-state index contributed by atoms with van der Waals surface area (Å²) in [6.07, 6.45) is 1.81. The lowest BCUT2D eigenvalue weighted by Gasteiger charge is -2.59. The molecule has 2 nitrogen and oxygen atoms in total. The molecule has 6 rings (SSSR count). The average molecular weight is 320 g/mol. The van der Waals surface area contributed by atoms with Crippen molar-refractivity contribution in [3.63, 3.8) is 0 Å². The smallest absolute Gasteiger partial charge is 0.0684 e. The Balaban J connectivity index is 1.92. The maximum absolute atomic E-state index is 11.0. The van der Waals surface area contributed by atoms with Gasteiger partial charge >= 0.3 is 0 Å². The lowest BCUT2D eigenvalue weighted by Crippen LogP contribution is -2.58. The van der Waals surface area contributed by atoms with Crippen LogP contribution in [0.25, 0.3) is 0 Å². The number of rotatable bonds is 2. The highest BCUT2D eigenvalue weighted by Gasteiger charge is 2.64. The molecule has 4 aliphatic carbocycles. The molecule has 0 spiro atoms. The Morgan fingerprint density at radius 1 is 1.00 bits per heavy atom. The second kappa shape index (κ2) is 4.93. The third kappa shape index (κ3) is 1.50. The Morgan fingerprint density at radius 3 is 2.17 bits per heavy atom. The van der Waals surface area contributed by atoms with Gasteiger partial charge in [-0.3, -0.25) is 0 Å². The summed E-state index contributed by atoms with van der Waals surface area (Å²) in [5, 5.41) is 11.0. The van der Waals surface area contributed by atoms with Crippen LogP contribution in [0.2, 0.25) is 0 Å². The minimum Gasteiger partial charge on any atom is -0.393 e. The molecular weight excluding hydrogens is 296 g/mol. The molecule has 0 heterocycles. The van der Waals surface area contributed by atoms with E-state index in [1.54, 1.807) is 0 Å². The second-order valence-electron chi connectivity index (χ2n) is 7.73. The molecule has 4 aliphatic rings. The van der Waals surface area contributed by atoms with Crippen LogP contribution in [0.1, 0.15) is 47.9 Å². The maximum atomic E-state index is 11.0. The summed E-state index contributed by atoms with van der Waals surface area (Å²) in [5.74, 6) is 1.19. The zero-order valence-corrected chi connectivity index (χ0v) is 14.3. The average Bonchev–Trinajstić information content (AvgIpc) is 3.03. The van der Waals surface area contributed by atoms with Crippen molar-refractivity contribution in [3.05, 3.63) is 70.8 Å². The van der Waals surface area contributed by atoms with E-state index in [1.165, 1.54) is 22.3 Å². The lowest BCUT2D eigenvalue weighted by molar-refractivity contribution is -0.0303. The zero-order chi connectivity index (χ0) is 16.5. The third-order valence-electron chi connectivity index (χ3n) is 7.10. The molecule has 1 N–H and O–H groups in total. The summed E-state index contributed by atoms with van der Waals surface area (Å²) in [5.41, 5.74) is 5.43. The van der Waals surface area contributed by atoms with E-state index >= 15 is 0 Å². The molecule has 0 unspecified atom stereocenters. The molecule has 4 atom stereocenters. The van der Waals surface area contributed by atoms with Gasteiger partial charge < -0.3 is 9.84 Å². The van der Waals surface area contributed by atoms with E-state index in [-0.39, 0.29) is 23.5 Å². The molecule has 1 fully saturated rings. The normalized spacial score (nSPS) is 36.8. The summed E-state index contributed by atoms with van der Waals surface area (Å²) >= 11 is 0. The first-order chi connectivity index (χ1) is 11.7. The van der Waals surface area contributed by atoms with Crippen molar-refractivity contribution in [2.75, 3.05) is 7.11 Å². The van der Waals surface area contributed by atoms with Crippen LogP contribution < -0.4 is 0 Å². The van der Waals surface area contributed by atoms with Gasteiger partial charge in [-0.2, -0.15) is 0 Å². The monoisotopic (exact) mass is 320 g/mol. The minimum atomic E-state index is -0.239. The SMILES string of the molecule is CO[C@@H](C)C12c3ccccc3C(c3ccccc31)[C@@H]1CC[C@@H](O)[C@@H]12. The van der Waals surface area contributed by atoms with E-state index in [9.17, 15) is 5.11 Å². The van der Waals surface area contributed by atoms with Crippen LogP contribution >= 0.6 is 0 Å². The molecule has 124 valence electrons. The first kappa shape index (κ1) is 14.7. The molecule has 0 aromatic heterocycles. The van der Waals surface area contributed by atoms with Crippen molar-refractivity contribution >= 4 is 0 Å². The standard InChI is InChI=1S/C22H24O2/c1-13(24-2)22-17-9-5-3-7-14(17)20(15-8-4-6-10-18(15)22)16-11-12-19(23)21(16)22/h3-10,13,16,19-21,23H,11-12H2,1-2H3/t13-,16-,19+,20?,21+,22?/m0/s1. The van der Waals surface area contributed by atoms with Crippen LogP contribution in [0.15, 0.2) is 48.5 Å². The summed E-state index contributed by atoms with van der Waals surface area (Å²) < 4.78 is 5.97. The van der Waals surface area contributed by atoms with Gasteiger partial charge in [0.15, 0.2) is 0 Å². The summed E-state index contributed by atoms with van der Waals surface area (Å²) in [7, 11) is 1.81. The van der Waals surface area contributed by atoms with Crippen LogP contribution in [-0.4, -0.2) is 24.4 Å². The molecular formula is C22H24O2. The van der Waals surface area contributed by atoms with Gasteiger partial charge in [-0.25, -0.2) is 0 Å². The van der Waals surface area contributed by atoms with Crippen LogP contribution in [0.4, 0.5) is 0 Å². The van der Waals surface area contributed by atoms with Crippen LogP contribution in [0.3, 0.4) is 0 Å². The highest BCUT2D eigenvalue weighted by molar-refractivity contribution is 5.62. The van der Waals surface area contributed by atoms with E-state index in [2.05, 4.69) is 55.5 Å². The summed E-state index contributed by atoms with van der Waals surface area (Å²) in [6.45, 7) is 2.18. The first-order valence-corrected chi connectivity index (χ1v) is 9.11. The minimum absolute atomic E-state index is 0.0290. The fourth-order valence-corrected chi connectivity index (χ4v) is 6.34. The van der Waals surface area contributed by atoms with Gasteiger partial charge in [-0.1, -0.05) is 48.5 Å². The number of hydrogen-bond acceptors (Lipinski definition) is 2. The predicted octanol–water partition coefficient (Wildman–Crippen LogP) is 3.85. The molecule has 1 saturated carbocycles. The van der Waals surface area contributed by atoms with Gasteiger partial charge in [0, 0.05) is 18.9 Å². The number of methoxy groups -OCH3 is 1. The second-order valence-corrected chi connectivity index (χ2v) is 7.73. The highest BCUT2D eigenvalue weighted by atomic mass is 16.5. The topological polar surface area (TPSA) is 29.5 Å². The Labute approximate surface area is 143 Å². The van der Waals surface area contributed by atoms with Crippen molar-refractivity contribution in [3.8, 4) is 0 Å². The predicted molar refractivity (Wildman–Crippen MR) is 94.2 cm³/mol. The molecule has 0 saturated heterocycles. The van der Waals surface area contributed by atoms with E-state index in [0.717, 1.165) is 12.8 Å². The van der Waals surface area contributed by atoms with Crippen molar-refractivity contribution in [2.45, 2.75) is 43.3 Å². The Hall–Kier alpha value is -1.64. The van der Waals surface area contributed by atoms with Gasteiger partial charge in [0.1, 0.15) is 0 Å². The maximum Gasteiger partial charge on any atom is 0.0684 e. The van der Waals surface area contributed by atoms with Gasteiger partial charge in [0.25, 0.3) is 0 Å². The zero-order valence-electron chi connectivity index (χ0n) is 14.3. The van der Waals surface area contributed by atoms with Gasteiger partial charge in [-0.15, -0.1) is 0 Å². The fraction of sp³-hybridized carbons (Fsp3) is 0.455.